The summed E-state index contributed by atoms with van der Waals surface area (Å²) in [5.74, 6) is 0.896. The molecule has 0 atom stereocenters. The van der Waals surface area contributed by atoms with Crippen LogP contribution in [0.4, 0.5) is 0 Å². The summed E-state index contributed by atoms with van der Waals surface area (Å²) in [6.45, 7) is 0.191. The van der Waals surface area contributed by atoms with Crippen LogP contribution < -0.4 is 10.3 Å². The van der Waals surface area contributed by atoms with E-state index in [2.05, 4.69) is 10.1 Å². The summed E-state index contributed by atoms with van der Waals surface area (Å²) in [7, 11) is 0. The summed E-state index contributed by atoms with van der Waals surface area (Å²) >= 11 is 25.4. The molecule has 0 unspecified atom stereocenters. The molecule has 0 spiro atoms. The highest BCUT2D eigenvalue weighted by Crippen LogP contribution is 2.35. The molecule has 4 aromatic carbocycles. The molecule has 0 saturated heterocycles. The first-order valence-electron chi connectivity index (χ1n) is 12.0. The van der Waals surface area contributed by atoms with Gasteiger partial charge in [0.25, 0.3) is 5.56 Å². The average molecular weight is 609 g/mol. The van der Waals surface area contributed by atoms with Crippen LogP contribution in [0.25, 0.3) is 33.5 Å². The normalized spacial score (nSPS) is 11.6. The third-order valence-corrected chi connectivity index (χ3v) is 7.29. The molecular weight excluding hydrogens is 592 g/mol. The van der Waals surface area contributed by atoms with Crippen LogP contribution in [0.3, 0.4) is 0 Å². The summed E-state index contributed by atoms with van der Waals surface area (Å²) in [6, 6.07) is 24.7. The largest absolute Gasteiger partial charge is 0.486 e. The second-order valence-electron chi connectivity index (χ2n) is 8.80. The molecule has 0 aliphatic carbocycles. The van der Waals surface area contributed by atoms with Crippen LogP contribution in [-0.4, -0.2) is 15.9 Å². The van der Waals surface area contributed by atoms with Gasteiger partial charge < -0.3 is 9.15 Å². The Morgan fingerprint density at radius 1 is 0.875 bits per heavy atom. The third-order valence-electron chi connectivity index (χ3n) is 6.13. The van der Waals surface area contributed by atoms with Crippen molar-refractivity contribution in [3.8, 4) is 17.3 Å². The zero-order valence-electron chi connectivity index (χ0n) is 20.4. The summed E-state index contributed by atoms with van der Waals surface area (Å²) in [6.07, 6.45) is 1.47. The van der Waals surface area contributed by atoms with Crippen molar-refractivity contribution in [3.63, 3.8) is 0 Å². The molecule has 40 heavy (non-hydrogen) atoms. The topological polar surface area (TPSA) is 69.6 Å². The van der Waals surface area contributed by atoms with Crippen molar-refractivity contribution in [2.45, 2.75) is 6.61 Å². The van der Waals surface area contributed by atoms with Gasteiger partial charge in [0.05, 0.1) is 27.2 Å². The molecule has 6 nitrogen and oxygen atoms in total. The zero-order chi connectivity index (χ0) is 27.8. The molecule has 198 valence electrons. The lowest BCUT2D eigenvalue weighted by molar-refractivity contribution is 0.306. The highest BCUT2D eigenvalue weighted by molar-refractivity contribution is 6.37. The summed E-state index contributed by atoms with van der Waals surface area (Å²) in [5.41, 5.74) is 2.09. The van der Waals surface area contributed by atoms with Gasteiger partial charge in [-0.25, -0.2) is 4.98 Å². The van der Waals surface area contributed by atoms with E-state index in [4.69, 9.17) is 55.6 Å². The van der Waals surface area contributed by atoms with Crippen LogP contribution in [0.2, 0.25) is 20.1 Å². The smallest absolute Gasteiger partial charge is 0.282 e. The molecule has 0 aliphatic heterocycles. The lowest BCUT2D eigenvalue weighted by atomic mass is 10.2. The molecule has 6 rings (SSSR count). The SMILES string of the molecule is O=c1c2ccccc2nc(-c2cc3cc(Cl)ccc3o2)n1N=Cc1cc(Cl)c(OCc2ccccc2Cl)c(Cl)c1. The Balaban J connectivity index is 1.39. The minimum absolute atomic E-state index is 0.191. The quantitative estimate of drug-likeness (QED) is 0.177. The second kappa shape index (κ2) is 11.0. The number of nitrogens with zero attached hydrogens (tertiary/aromatic N) is 3. The first kappa shape index (κ1) is 26.4. The minimum atomic E-state index is -0.368. The number of hydrogen-bond acceptors (Lipinski definition) is 5. The lowest BCUT2D eigenvalue weighted by Gasteiger charge is -2.12. The highest BCUT2D eigenvalue weighted by atomic mass is 35.5. The van der Waals surface area contributed by atoms with Crippen LogP contribution in [0.1, 0.15) is 11.1 Å². The van der Waals surface area contributed by atoms with E-state index in [1.54, 1.807) is 60.7 Å². The van der Waals surface area contributed by atoms with Gasteiger partial charge in [0.2, 0.25) is 5.82 Å². The molecule has 0 amide bonds. The maximum absolute atomic E-state index is 13.5. The van der Waals surface area contributed by atoms with Crippen LogP contribution in [0, 0.1) is 0 Å². The van der Waals surface area contributed by atoms with Gasteiger partial charge in [-0.2, -0.15) is 9.78 Å². The zero-order valence-corrected chi connectivity index (χ0v) is 23.5. The maximum Gasteiger partial charge on any atom is 0.282 e. The standard InChI is InChI=1S/C30H17Cl4N3O3/c31-20-9-10-26-19(13-20)14-27(40-26)29-36-25-8-4-2-6-21(25)30(38)37(29)35-15-17-11-23(33)28(24(34)12-17)39-16-18-5-1-3-7-22(18)32/h1-15H,16H2. The molecule has 0 radical (unpaired) electrons. The fraction of sp³-hybridized carbons (Fsp3) is 0.0333. The van der Waals surface area contributed by atoms with Crippen molar-refractivity contribution in [1.29, 1.82) is 0 Å². The number of ether oxygens (including phenoxy) is 1. The van der Waals surface area contributed by atoms with Gasteiger partial charge in [-0.1, -0.05) is 76.7 Å². The molecule has 2 heterocycles. The Kier molecular flexibility index (Phi) is 7.26. The molecule has 10 heteroatoms. The summed E-state index contributed by atoms with van der Waals surface area (Å²) in [5, 5.41) is 7.34. The van der Waals surface area contributed by atoms with Crippen LogP contribution in [0.15, 0.2) is 99.2 Å². The number of halogens is 4. The van der Waals surface area contributed by atoms with Gasteiger partial charge in [-0.15, -0.1) is 0 Å². The van der Waals surface area contributed by atoms with E-state index in [0.29, 0.717) is 43.6 Å². The van der Waals surface area contributed by atoms with Crippen LogP contribution >= 0.6 is 46.4 Å². The van der Waals surface area contributed by atoms with Crippen LogP contribution in [0.5, 0.6) is 5.75 Å². The van der Waals surface area contributed by atoms with Crippen LogP contribution in [-0.2, 0) is 6.61 Å². The number of aromatic nitrogens is 2. The fourth-order valence-electron chi connectivity index (χ4n) is 4.20. The van der Waals surface area contributed by atoms with Gasteiger partial charge in [0, 0.05) is 21.0 Å². The van der Waals surface area contributed by atoms with Gasteiger partial charge in [0.1, 0.15) is 12.2 Å². The van der Waals surface area contributed by atoms with Crippen molar-refractivity contribution < 1.29 is 9.15 Å². The van der Waals surface area contributed by atoms with Crippen molar-refractivity contribution >= 4 is 74.5 Å². The van der Waals surface area contributed by atoms with Gasteiger partial charge in [0.15, 0.2) is 11.5 Å². The summed E-state index contributed by atoms with van der Waals surface area (Å²) < 4.78 is 13.0. The molecule has 0 bridgehead atoms. The predicted molar refractivity (Wildman–Crippen MR) is 161 cm³/mol. The number of benzene rings is 4. The van der Waals surface area contributed by atoms with E-state index in [1.165, 1.54) is 10.9 Å². The van der Waals surface area contributed by atoms with Crippen molar-refractivity contribution in [2.24, 2.45) is 5.10 Å². The van der Waals surface area contributed by atoms with E-state index >= 15 is 0 Å². The Morgan fingerprint density at radius 3 is 2.42 bits per heavy atom. The number of furan rings is 1. The number of fused-ring (bicyclic) bond motifs is 2. The summed E-state index contributed by atoms with van der Waals surface area (Å²) in [4.78, 5) is 18.2. The Morgan fingerprint density at radius 2 is 1.62 bits per heavy atom. The second-order valence-corrected chi connectivity index (χ2v) is 10.5. The van der Waals surface area contributed by atoms with Gasteiger partial charge in [-0.05, 0) is 60.2 Å². The van der Waals surface area contributed by atoms with E-state index in [-0.39, 0.29) is 28.0 Å². The third kappa shape index (κ3) is 5.19. The molecule has 0 aliphatic rings. The molecule has 0 fully saturated rings. The van der Waals surface area contributed by atoms with E-state index in [0.717, 1.165) is 10.9 Å². The first-order chi connectivity index (χ1) is 19.4. The van der Waals surface area contributed by atoms with E-state index < -0.39 is 0 Å². The first-order valence-corrected chi connectivity index (χ1v) is 13.5. The molecule has 2 aromatic heterocycles. The predicted octanol–water partition coefficient (Wildman–Crippen LogP) is 8.88. The maximum atomic E-state index is 13.5. The Labute approximate surface area is 247 Å². The molecule has 0 saturated carbocycles. The molecular formula is C30H17Cl4N3O3. The highest BCUT2D eigenvalue weighted by Gasteiger charge is 2.17. The fourth-order valence-corrected chi connectivity index (χ4v) is 5.18. The molecule has 6 aromatic rings. The Hall–Kier alpha value is -3.81. The van der Waals surface area contributed by atoms with Gasteiger partial charge >= 0.3 is 0 Å². The van der Waals surface area contributed by atoms with E-state index in [1.807, 2.05) is 24.3 Å². The number of hydrogen-bond donors (Lipinski definition) is 0. The van der Waals surface area contributed by atoms with E-state index in [9.17, 15) is 4.79 Å². The Bertz CT molecular complexity index is 1980. The monoisotopic (exact) mass is 607 g/mol. The average Bonchev–Trinajstić information content (AvgIpc) is 3.36. The van der Waals surface area contributed by atoms with Gasteiger partial charge in [-0.3, -0.25) is 4.79 Å². The van der Waals surface area contributed by atoms with Crippen molar-refractivity contribution in [3.05, 3.63) is 127 Å². The lowest BCUT2D eigenvalue weighted by Crippen LogP contribution is -2.20. The minimum Gasteiger partial charge on any atom is -0.486 e. The van der Waals surface area contributed by atoms with Crippen molar-refractivity contribution in [2.75, 3.05) is 0 Å². The number of para-hydroxylation sites is 1. The van der Waals surface area contributed by atoms with Crippen molar-refractivity contribution in [1.82, 2.24) is 9.66 Å². The molecule has 0 N–H and O–H groups in total. The number of rotatable bonds is 6.